The Morgan fingerprint density at radius 2 is 1.84 bits per heavy atom. The number of sulfonamides is 1. The number of nitrogens with one attached hydrogen (secondary N) is 1. The van der Waals surface area contributed by atoms with Gasteiger partial charge in [0.15, 0.2) is 0 Å². The van der Waals surface area contributed by atoms with E-state index in [2.05, 4.69) is 4.72 Å². The summed E-state index contributed by atoms with van der Waals surface area (Å²) in [6.07, 6.45) is 0. The van der Waals surface area contributed by atoms with Gasteiger partial charge in [0.25, 0.3) is 0 Å². The highest BCUT2D eigenvalue weighted by atomic mass is 35.5. The van der Waals surface area contributed by atoms with Crippen LogP contribution in [-0.2, 0) is 10.0 Å². The van der Waals surface area contributed by atoms with Crippen LogP contribution >= 0.6 is 34.5 Å². The van der Waals surface area contributed by atoms with E-state index >= 15 is 0 Å². The third-order valence-electron chi connectivity index (χ3n) is 2.45. The van der Waals surface area contributed by atoms with Crippen molar-refractivity contribution in [2.75, 3.05) is 0 Å². The van der Waals surface area contributed by atoms with Crippen LogP contribution in [0.1, 0.15) is 17.8 Å². The minimum Gasteiger partial charge on any atom is -0.207 e. The molecule has 1 aromatic carbocycles. The van der Waals surface area contributed by atoms with Crippen molar-refractivity contribution in [3.05, 3.63) is 50.6 Å². The first kappa shape index (κ1) is 14.8. The Balaban J connectivity index is 2.27. The molecule has 0 fully saturated rings. The number of rotatable bonds is 4. The predicted molar refractivity (Wildman–Crippen MR) is 79.5 cm³/mol. The Labute approximate surface area is 126 Å². The standard InChI is InChI=1S/C12H11Cl2NO2S2/c1-8(12-3-2-4-18-12)15-19(16,17)11-6-9(13)5-10(14)7-11/h2-8,15H,1H3. The zero-order valence-electron chi connectivity index (χ0n) is 9.93. The van der Waals surface area contributed by atoms with E-state index in [1.807, 2.05) is 17.5 Å². The second-order valence-electron chi connectivity index (χ2n) is 3.96. The summed E-state index contributed by atoms with van der Waals surface area (Å²) in [7, 11) is -3.64. The molecule has 0 aliphatic carbocycles. The lowest BCUT2D eigenvalue weighted by molar-refractivity contribution is 0.568. The van der Waals surface area contributed by atoms with Gasteiger partial charge in [0.1, 0.15) is 0 Å². The molecule has 1 aromatic heterocycles. The first-order valence-corrected chi connectivity index (χ1v) is 8.52. The highest BCUT2D eigenvalue weighted by Gasteiger charge is 2.19. The van der Waals surface area contributed by atoms with Gasteiger partial charge in [-0.05, 0) is 36.6 Å². The molecule has 0 bridgehead atoms. The number of hydrogen-bond acceptors (Lipinski definition) is 3. The van der Waals surface area contributed by atoms with E-state index in [9.17, 15) is 8.42 Å². The molecule has 0 radical (unpaired) electrons. The van der Waals surface area contributed by atoms with Crippen LogP contribution in [0.2, 0.25) is 10.0 Å². The van der Waals surface area contributed by atoms with Crippen LogP contribution in [-0.4, -0.2) is 8.42 Å². The van der Waals surface area contributed by atoms with Gasteiger partial charge in [-0.1, -0.05) is 29.3 Å². The fourth-order valence-electron chi connectivity index (χ4n) is 1.58. The van der Waals surface area contributed by atoms with Crippen LogP contribution in [0.3, 0.4) is 0 Å². The van der Waals surface area contributed by atoms with Crippen LogP contribution in [0, 0.1) is 0 Å². The molecule has 102 valence electrons. The predicted octanol–water partition coefficient (Wildman–Crippen LogP) is 4.09. The summed E-state index contributed by atoms with van der Waals surface area (Å²) in [6, 6.07) is 7.69. The van der Waals surface area contributed by atoms with Gasteiger partial charge in [-0.15, -0.1) is 11.3 Å². The van der Waals surface area contributed by atoms with Crippen LogP contribution in [0.4, 0.5) is 0 Å². The minimum atomic E-state index is -3.64. The van der Waals surface area contributed by atoms with Crippen LogP contribution < -0.4 is 4.72 Å². The summed E-state index contributed by atoms with van der Waals surface area (Å²) in [4.78, 5) is 1.00. The first-order valence-electron chi connectivity index (χ1n) is 5.40. The molecule has 0 amide bonds. The first-order chi connectivity index (χ1) is 8.88. The van der Waals surface area contributed by atoms with E-state index in [1.165, 1.54) is 29.5 Å². The third-order valence-corrected chi connectivity index (χ3v) is 5.46. The van der Waals surface area contributed by atoms with Gasteiger partial charge in [-0.2, -0.15) is 0 Å². The molecule has 1 heterocycles. The van der Waals surface area contributed by atoms with Gasteiger partial charge < -0.3 is 0 Å². The molecule has 1 unspecified atom stereocenters. The van der Waals surface area contributed by atoms with Gasteiger partial charge in [0.05, 0.1) is 10.9 Å². The summed E-state index contributed by atoms with van der Waals surface area (Å²) in [5, 5.41) is 2.48. The van der Waals surface area contributed by atoms with E-state index in [0.717, 1.165) is 4.88 Å². The Hall–Kier alpha value is -0.590. The van der Waals surface area contributed by atoms with E-state index in [0.29, 0.717) is 0 Å². The molecular formula is C12H11Cl2NO2S2. The highest BCUT2D eigenvalue weighted by molar-refractivity contribution is 7.89. The summed E-state index contributed by atoms with van der Waals surface area (Å²) in [6.45, 7) is 1.79. The quantitative estimate of drug-likeness (QED) is 0.914. The normalized spacial score (nSPS) is 13.4. The van der Waals surface area contributed by atoms with Crippen molar-refractivity contribution in [2.24, 2.45) is 0 Å². The van der Waals surface area contributed by atoms with Gasteiger partial charge >= 0.3 is 0 Å². The molecule has 3 nitrogen and oxygen atoms in total. The monoisotopic (exact) mass is 335 g/mol. The Bertz CT molecular complexity index is 649. The van der Waals surface area contributed by atoms with E-state index in [4.69, 9.17) is 23.2 Å². The third kappa shape index (κ3) is 3.70. The molecule has 0 saturated carbocycles. The van der Waals surface area contributed by atoms with Crippen molar-refractivity contribution in [2.45, 2.75) is 17.9 Å². The lowest BCUT2D eigenvalue weighted by Gasteiger charge is -2.13. The fourth-order valence-corrected chi connectivity index (χ4v) is 4.34. The summed E-state index contributed by atoms with van der Waals surface area (Å²) < 4.78 is 27.0. The molecule has 19 heavy (non-hydrogen) atoms. The average molecular weight is 336 g/mol. The molecule has 0 aliphatic heterocycles. The molecule has 0 spiro atoms. The van der Waals surface area contributed by atoms with Gasteiger partial charge in [0, 0.05) is 14.9 Å². The molecular weight excluding hydrogens is 325 g/mol. The molecule has 1 N–H and O–H groups in total. The van der Waals surface area contributed by atoms with Crippen LogP contribution in [0.5, 0.6) is 0 Å². The number of thiophene rings is 1. The van der Waals surface area contributed by atoms with Crippen molar-refractivity contribution < 1.29 is 8.42 Å². The number of benzene rings is 1. The highest BCUT2D eigenvalue weighted by Crippen LogP contribution is 2.25. The van der Waals surface area contributed by atoms with Gasteiger partial charge in [-0.3, -0.25) is 0 Å². The summed E-state index contributed by atoms with van der Waals surface area (Å²) in [5.74, 6) is 0. The number of halogens is 2. The van der Waals surface area contributed by atoms with Crippen LogP contribution in [0.15, 0.2) is 40.6 Å². The van der Waals surface area contributed by atoms with E-state index < -0.39 is 10.0 Å². The van der Waals surface area contributed by atoms with Crippen LogP contribution in [0.25, 0.3) is 0 Å². The van der Waals surface area contributed by atoms with Crippen molar-refractivity contribution in [1.29, 1.82) is 0 Å². The molecule has 2 rings (SSSR count). The second kappa shape index (κ2) is 5.81. The SMILES string of the molecule is CC(NS(=O)(=O)c1cc(Cl)cc(Cl)c1)c1cccs1. The maximum Gasteiger partial charge on any atom is 0.241 e. The lowest BCUT2D eigenvalue weighted by Crippen LogP contribution is -2.26. The van der Waals surface area contributed by atoms with E-state index in [1.54, 1.807) is 6.92 Å². The molecule has 1 atom stereocenters. The Morgan fingerprint density at radius 3 is 2.37 bits per heavy atom. The molecule has 0 aliphatic rings. The van der Waals surface area contributed by atoms with Crippen molar-refractivity contribution >= 4 is 44.6 Å². The summed E-state index contributed by atoms with van der Waals surface area (Å²) >= 11 is 13.1. The molecule has 2 aromatic rings. The fraction of sp³-hybridized carbons (Fsp3) is 0.167. The number of hydrogen-bond donors (Lipinski definition) is 1. The smallest absolute Gasteiger partial charge is 0.207 e. The van der Waals surface area contributed by atoms with E-state index in [-0.39, 0.29) is 21.0 Å². The van der Waals surface area contributed by atoms with Gasteiger partial charge in [-0.25, -0.2) is 13.1 Å². The van der Waals surface area contributed by atoms with Crippen molar-refractivity contribution in [3.63, 3.8) is 0 Å². The van der Waals surface area contributed by atoms with Crippen molar-refractivity contribution in [1.82, 2.24) is 4.72 Å². The summed E-state index contributed by atoms with van der Waals surface area (Å²) in [5.41, 5.74) is 0. The topological polar surface area (TPSA) is 46.2 Å². The van der Waals surface area contributed by atoms with Gasteiger partial charge in [0.2, 0.25) is 10.0 Å². The largest absolute Gasteiger partial charge is 0.241 e. The average Bonchev–Trinajstić information content (AvgIpc) is 2.80. The lowest BCUT2D eigenvalue weighted by atomic mass is 10.3. The molecule has 0 saturated heterocycles. The Morgan fingerprint density at radius 1 is 1.21 bits per heavy atom. The maximum atomic E-state index is 12.2. The molecule has 7 heteroatoms. The zero-order chi connectivity index (χ0) is 14.0. The maximum absolute atomic E-state index is 12.2. The Kier molecular flexibility index (Phi) is 4.53. The van der Waals surface area contributed by atoms with Crippen molar-refractivity contribution in [3.8, 4) is 0 Å². The minimum absolute atomic E-state index is 0.0633. The zero-order valence-corrected chi connectivity index (χ0v) is 13.1. The second-order valence-corrected chi connectivity index (χ2v) is 7.53.